The Hall–Kier alpha value is -1.50. The van der Waals surface area contributed by atoms with Gasteiger partial charge in [-0.05, 0) is 36.2 Å². The molecule has 0 aliphatic heterocycles. The minimum Gasteiger partial charge on any atom is -0.772 e. The lowest BCUT2D eigenvalue weighted by atomic mass is 10.1. The van der Waals surface area contributed by atoms with Gasteiger partial charge in [0, 0.05) is 28.0 Å². The molecular formula is C12H10ClN2O3S-. The number of nitrogens with zero attached hydrogens (tertiary/aromatic N) is 2. The van der Waals surface area contributed by atoms with Gasteiger partial charge in [-0.15, -0.1) is 0 Å². The molecule has 0 spiro atoms. The van der Waals surface area contributed by atoms with Crippen LogP contribution in [0.3, 0.4) is 0 Å². The Bertz CT molecular complexity index is 649. The van der Waals surface area contributed by atoms with Gasteiger partial charge in [-0.1, -0.05) is 11.6 Å². The summed E-state index contributed by atoms with van der Waals surface area (Å²) in [5, 5.41) is 10.3. The van der Waals surface area contributed by atoms with Crippen LogP contribution in [0.4, 0.5) is 0 Å². The van der Waals surface area contributed by atoms with Crippen LogP contribution in [0.2, 0.25) is 5.02 Å². The van der Waals surface area contributed by atoms with Gasteiger partial charge in [-0.25, -0.2) is 9.97 Å². The first-order valence-corrected chi connectivity index (χ1v) is 6.97. The lowest BCUT2D eigenvalue weighted by Crippen LogP contribution is -2.02. The molecule has 0 bridgehead atoms. The van der Waals surface area contributed by atoms with Crippen molar-refractivity contribution >= 4 is 22.7 Å². The molecule has 0 aliphatic rings. The lowest BCUT2D eigenvalue weighted by molar-refractivity contribution is 0.477. The third kappa shape index (κ3) is 3.28. The maximum atomic E-state index is 10.6. The number of aromatic hydroxyl groups is 1. The number of hydrogen-bond acceptors (Lipinski definition) is 5. The van der Waals surface area contributed by atoms with Crippen molar-refractivity contribution in [3.05, 3.63) is 40.9 Å². The number of hydrogen-bond donors (Lipinski definition) is 1. The summed E-state index contributed by atoms with van der Waals surface area (Å²) >= 11 is 3.66. The predicted octanol–water partition coefficient (Wildman–Crippen LogP) is 2.19. The number of aromatic nitrogens is 2. The molecule has 0 saturated carbocycles. The molecule has 0 fully saturated rings. The molecule has 0 aliphatic carbocycles. The van der Waals surface area contributed by atoms with Crippen molar-refractivity contribution in [2.24, 2.45) is 0 Å². The topological polar surface area (TPSA) is 86.1 Å². The van der Waals surface area contributed by atoms with Gasteiger partial charge in [0.25, 0.3) is 0 Å². The fourth-order valence-electron chi connectivity index (χ4n) is 1.68. The molecule has 1 N–H and O–H groups in total. The van der Waals surface area contributed by atoms with E-state index in [0.717, 1.165) is 0 Å². The molecule has 0 amide bonds. The van der Waals surface area contributed by atoms with E-state index in [9.17, 15) is 13.9 Å². The van der Waals surface area contributed by atoms with E-state index in [4.69, 9.17) is 11.6 Å². The first kappa shape index (κ1) is 13.9. The quantitative estimate of drug-likeness (QED) is 0.878. The zero-order valence-electron chi connectivity index (χ0n) is 9.96. The van der Waals surface area contributed by atoms with Crippen LogP contribution in [0, 0.1) is 6.92 Å². The number of halogens is 1. The Morgan fingerprint density at radius 1 is 1.42 bits per heavy atom. The van der Waals surface area contributed by atoms with Gasteiger partial charge < -0.3 is 9.66 Å². The van der Waals surface area contributed by atoms with E-state index in [2.05, 4.69) is 9.97 Å². The number of phenols is 1. The van der Waals surface area contributed by atoms with Crippen molar-refractivity contribution in [1.29, 1.82) is 0 Å². The molecule has 2 rings (SSSR count). The average Bonchev–Trinajstić information content (AvgIpc) is 2.32. The van der Waals surface area contributed by atoms with Crippen molar-refractivity contribution in [2.45, 2.75) is 12.7 Å². The van der Waals surface area contributed by atoms with Gasteiger partial charge in [0.05, 0.1) is 5.75 Å². The maximum absolute atomic E-state index is 10.6. The smallest absolute Gasteiger partial charge is 0.139 e. The Morgan fingerprint density at radius 2 is 2.16 bits per heavy atom. The first-order valence-electron chi connectivity index (χ1n) is 5.34. The van der Waals surface area contributed by atoms with Crippen LogP contribution in [-0.4, -0.2) is 23.8 Å². The van der Waals surface area contributed by atoms with E-state index in [0.29, 0.717) is 21.8 Å². The third-order valence-corrected chi connectivity index (χ3v) is 3.25. The Kier molecular flexibility index (Phi) is 4.14. The standard InChI is InChI=1S/C12H11ClN2O3S/c1-7-10(5-14-12(15-7)6-19(17)18)9-4-8(13)2-3-11(9)16/h2-5,16H,6H2,1H3,(H,17,18)/p-1. The molecule has 7 heteroatoms. The van der Waals surface area contributed by atoms with Crippen LogP contribution in [0.25, 0.3) is 11.1 Å². The zero-order valence-corrected chi connectivity index (χ0v) is 11.5. The molecule has 1 heterocycles. The molecule has 100 valence electrons. The second-order valence-electron chi connectivity index (χ2n) is 3.89. The normalized spacial score (nSPS) is 12.4. The highest BCUT2D eigenvalue weighted by Crippen LogP contribution is 2.32. The van der Waals surface area contributed by atoms with Gasteiger partial charge in [-0.3, -0.25) is 4.21 Å². The summed E-state index contributed by atoms with van der Waals surface area (Å²) in [4.78, 5) is 8.07. The monoisotopic (exact) mass is 297 g/mol. The largest absolute Gasteiger partial charge is 0.772 e. The molecule has 1 atom stereocenters. The van der Waals surface area contributed by atoms with Crippen LogP contribution in [0.15, 0.2) is 24.4 Å². The molecule has 1 aromatic carbocycles. The first-order chi connectivity index (χ1) is 8.97. The summed E-state index contributed by atoms with van der Waals surface area (Å²) in [5.41, 5.74) is 1.70. The van der Waals surface area contributed by atoms with Gasteiger partial charge in [-0.2, -0.15) is 0 Å². The Morgan fingerprint density at radius 3 is 2.79 bits per heavy atom. The minimum atomic E-state index is -2.23. The van der Waals surface area contributed by atoms with Crippen LogP contribution in [0.1, 0.15) is 11.5 Å². The molecule has 1 unspecified atom stereocenters. The summed E-state index contributed by atoms with van der Waals surface area (Å²) in [6, 6.07) is 4.66. The Labute approximate surface area is 117 Å². The lowest BCUT2D eigenvalue weighted by Gasteiger charge is -2.10. The van der Waals surface area contributed by atoms with Crippen LogP contribution in [0.5, 0.6) is 5.75 Å². The van der Waals surface area contributed by atoms with Crippen molar-refractivity contribution in [1.82, 2.24) is 9.97 Å². The van der Waals surface area contributed by atoms with E-state index in [1.807, 2.05) is 0 Å². The van der Waals surface area contributed by atoms with E-state index < -0.39 is 11.1 Å². The van der Waals surface area contributed by atoms with E-state index in [1.54, 1.807) is 19.1 Å². The Balaban J connectivity index is 2.46. The van der Waals surface area contributed by atoms with E-state index in [-0.39, 0.29) is 17.3 Å². The third-order valence-electron chi connectivity index (χ3n) is 2.52. The summed E-state index contributed by atoms with van der Waals surface area (Å²) in [6.07, 6.45) is 1.48. The molecular weight excluding hydrogens is 288 g/mol. The minimum absolute atomic E-state index is 0.0660. The average molecular weight is 298 g/mol. The number of benzene rings is 1. The van der Waals surface area contributed by atoms with Crippen LogP contribution >= 0.6 is 11.6 Å². The van der Waals surface area contributed by atoms with Gasteiger partial charge in [0.15, 0.2) is 0 Å². The highest BCUT2D eigenvalue weighted by Gasteiger charge is 2.10. The van der Waals surface area contributed by atoms with Crippen molar-refractivity contribution in [3.63, 3.8) is 0 Å². The second kappa shape index (κ2) is 5.64. The summed E-state index contributed by atoms with van der Waals surface area (Å²) in [7, 11) is 0. The second-order valence-corrected chi connectivity index (χ2v) is 5.23. The highest BCUT2D eigenvalue weighted by atomic mass is 35.5. The molecule has 0 radical (unpaired) electrons. The van der Waals surface area contributed by atoms with Gasteiger partial charge in [0.2, 0.25) is 0 Å². The number of rotatable bonds is 3. The fourth-order valence-corrected chi connectivity index (χ4v) is 2.20. The zero-order chi connectivity index (χ0) is 14.0. The number of aryl methyl sites for hydroxylation is 1. The maximum Gasteiger partial charge on any atom is 0.139 e. The molecule has 0 saturated heterocycles. The summed E-state index contributed by atoms with van der Waals surface area (Å²) < 4.78 is 21.2. The highest BCUT2D eigenvalue weighted by molar-refractivity contribution is 7.78. The van der Waals surface area contributed by atoms with Crippen LogP contribution < -0.4 is 0 Å². The molecule has 2 aromatic rings. The molecule has 5 nitrogen and oxygen atoms in total. The van der Waals surface area contributed by atoms with Crippen molar-refractivity contribution in [2.75, 3.05) is 0 Å². The SMILES string of the molecule is Cc1nc(CS(=O)[O-])ncc1-c1cc(Cl)ccc1O. The van der Waals surface area contributed by atoms with Gasteiger partial charge in [0.1, 0.15) is 11.6 Å². The molecule has 19 heavy (non-hydrogen) atoms. The van der Waals surface area contributed by atoms with Gasteiger partial charge >= 0.3 is 0 Å². The number of phenolic OH excluding ortho intramolecular Hbond substituents is 1. The predicted molar refractivity (Wildman–Crippen MR) is 71.5 cm³/mol. The van der Waals surface area contributed by atoms with Crippen molar-refractivity contribution in [3.8, 4) is 16.9 Å². The summed E-state index contributed by atoms with van der Waals surface area (Å²) in [6.45, 7) is 1.72. The molecule has 1 aromatic heterocycles. The summed E-state index contributed by atoms with van der Waals surface area (Å²) in [5.74, 6) is 0.0511. The van der Waals surface area contributed by atoms with Crippen molar-refractivity contribution < 1.29 is 13.9 Å². The fraction of sp³-hybridized carbons (Fsp3) is 0.167. The van der Waals surface area contributed by atoms with E-state index >= 15 is 0 Å². The van der Waals surface area contributed by atoms with E-state index in [1.165, 1.54) is 12.3 Å². The van der Waals surface area contributed by atoms with Crippen LogP contribution in [-0.2, 0) is 16.8 Å².